The smallest absolute Gasteiger partial charge is 0.319 e. The van der Waals surface area contributed by atoms with Crippen LogP contribution in [0.1, 0.15) is 33.9 Å². The summed E-state index contributed by atoms with van der Waals surface area (Å²) in [6, 6.07) is 19.6. The van der Waals surface area contributed by atoms with Crippen LogP contribution in [0.2, 0.25) is 0 Å². The zero-order chi connectivity index (χ0) is 22.7. The SMILES string of the molecule is Cc1cc(C)n(-c2cccc(NC(=O)NCc3c(C)nn(Cc4ccccc4)c3C)c2)n1. The van der Waals surface area contributed by atoms with E-state index in [0.717, 1.165) is 34.0 Å². The predicted octanol–water partition coefficient (Wildman–Crippen LogP) is 4.67. The first kappa shape index (κ1) is 21.4. The van der Waals surface area contributed by atoms with E-state index in [1.807, 2.05) is 85.6 Å². The van der Waals surface area contributed by atoms with E-state index < -0.39 is 0 Å². The molecule has 2 amide bonds. The van der Waals surface area contributed by atoms with Crippen LogP contribution in [0.15, 0.2) is 60.7 Å². The number of benzene rings is 2. The normalized spacial score (nSPS) is 10.9. The predicted molar refractivity (Wildman–Crippen MR) is 126 cm³/mol. The van der Waals surface area contributed by atoms with Crippen molar-refractivity contribution >= 4 is 11.7 Å². The Morgan fingerprint density at radius 3 is 2.44 bits per heavy atom. The molecule has 32 heavy (non-hydrogen) atoms. The molecule has 0 atom stereocenters. The van der Waals surface area contributed by atoms with Crippen molar-refractivity contribution in [2.24, 2.45) is 0 Å². The first-order chi connectivity index (χ1) is 15.4. The number of hydrogen-bond acceptors (Lipinski definition) is 3. The Morgan fingerprint density at radius 1 is 0.938 bits per heavy atom. The molecule has 0 aliphatic carbocycles. The Morgan fingerprint density at radius 2 is 1.72 bits per heavy atom. The molecule has 0 unspecified atom stereocenters. The van der Waals surface area contributed by atoms with Gasteiger partial charge in [0.25, 0.3) is 0 Å². The molecule has 7 heteroatoms. The number of amides is 2. The third-order valence-electron chi connectivity index (χ3n) is 5.49. The van der Waals surface area contributed by atoms with Crippen LogP contribution in [-0.4, -0.2) is 25.6 Å². The monoisotopic (exact) mass is 428 g/mol. The molecule has 0 radical (unpaired) electrons. The van der Waals surface area contributed by atoms with Gasteiger partial charge >= 0.3 is 6.03 Å². The number of urea groups is 1. The molecule has 7 nitrogen and oxygen atoms in total. The van der Waals surface area contributed by atoms with E-state index in [0.29, 0.717) is 18.8 Å². The number of nitrogens with zero attached hydrogens (tertiary/aromatic N) is 4. The average molecular weight is 429 g/mol. The molecular formula is C25H28N6O. The van der Waals surface area contributed by atoms with Gasteiger partial charge in [-0.15, -0.1) is 0 Å². The molecule has 164 valence electrons. The summed E-state index contributed by atoms with van der Waals surface area (Å²) in [5.74, 6) is 0. The lowest BCUT2D eigenvalue weighted by Crippen LogP contribution is -2.28. The molecule has 4 aromatic rings. The van der Waals surface area contributed by atoms with Crippen LogP contribution in [0.5, 0.6) is 0 Å². The van der Waals surface area contributed by atoms with E-state index in [9.17, 15) is 4.79 Å². The first-order valence-electron chi connectivity index (χ1n) is 10.7. The Labute approximate surface area is 188 Å². The summed E-state index contributed by atoms with van der Waals surface area (Å²) in [7, 11) is 0. The van der Waals surface area contributed by atoms with Gasteiger partial charge in [0, 0.05) is 29.2 Å². The number of nitrogens with one attached hydrogen (secondary N) is 2. The Kier molecular flexibility index (Phi) is 6.07. The lowest BCUT2D eigenvalue weighted by atomic mass is 10.2. The zero-order valence-corrected chi connectivity index (χ0v) is 18.9. The van der Waals surface area contributed by atoms with Crippen LogP contribution in [0.4, 0.5) is 10.5 Å². The van der Waals surface area contributed by atoms with Crippen molar-refractivity contribution < 1.29 is 4.79 Å². The lowest BCUT2D eigenvalue weighted by Gasteiger charge is -2.10. The number of carbonyl (C=O) groups excluding carboxylic acids is 1. The quantitative estimate of drug-likeness (QED) is 0.468. The highest BCUT2D eigenvalue weighted by atomic mass is 16.2. The summed E-state index contributed by atoms with van der Waals surface area (Å²) in [5, 5.41) is 15.0. The van der Waals surface area contributed by atoms with Gasteiger partial charge in [0.15, 0.2) is 0 Å². The van der Waals surface area contributed by atoms with E-state index in [1.54, 1.807) is 0 Å². The van der Waals surface area contributed by atoms with Gasteiger partial charge < -0.3 is 10.6 Å². The molecule has 0 saturated carbocycles. The van der Waals surface area contributed by atoms with Crippen molar-refractivity contribution in [3.8, 4) is 5.69 Å². The molecule has 2 aromatic heterocycles. The second-order valence-electron chi connectivity index (χ2n) is 7.99. The minimum atomic E-state index is -0.259. The summed E-state index contributed by atoms with van der Waals surface area (Å²) in [5.41, 5.74) is 7.82. The molecule has 0 saturated heterocycles. The van der Waals surface area contributed by atoms with Gasteiger partial charge in [0.05, 0.1) is 23.6 Å². The molecule has 2 aromatic carbocycles. The number of aromatic nitrogens is 4. The van der Waals surface area contributed by atoms with Crippen LogP contribution in [0.3, 0.4) is 0 Å². The maximum Gasteiger partial charge on any atom is 0.319 e. The molecule has 0 bridgehead atoms. The molecule has 0 aliphatic heterocycles. The largest absolute Gasteiger partial charge is 0.334 e. The van der Waals surface area contributed by atoms with Crippen molar-refractivity contribution in [1.82, 2.24) is 24.9 Å². The van der Waals surface area contributed by atoms with Crippen LogP contribution < -0.4 is 10.6 Å². The average Bonchev–Trinajstić information content (AvgIpc) is 3.24. The molecule has 4 rings (SSSR count). The third kappa shape index (κ3) is 4.72. The highest BCUT2D eigenvalue weighted by Gasteiger charge is 2.13. The molecular weight excluding hydrogens is 400 g/mol. The Balaban J connectivity index is 1.40. The van der Waals surface area contributed by atoms with Crippen molar-refractivity contribution in [3.05, 3.63) is 94.6 Å². The Hall–Kier alpha value is -3.87. The fraction of sp³-hybridized carbons (Fsp3) is 0.240. The molecule has 0 fully saturated rings. The van der Waals surface area contributed by atoms with Gasteiger partial charge in [-0.1, -0.05) is 36.4 Å². The maximum absolute atomic E-state index is 12.6. The number of rotatable bonds is 6. The lowest BCUT2D eigenvalue weighted by molar-refractivity contribution is 0.251. The highest BCUT2D eigenvalue weighted by molar-refractivity contribution is 5.89. The summed E-state index contributed by atoms with van der Waals surface area (Å²) in [6.07, 6.45) is 0. The zero-order valence-electron chi connectivity index (χ0n) is 18.9. The minimum Gasteiger partial charge on any atom is -0.334 e. The van der Waals surface area contributed by atoms with Gasteiger partial charge in [-0.2, -0.15) is 10.2 Å². The number of hydrogen-bond donors (Lipinski definition) is 2. The van der Waals surface area contributed by atoms with Crippen LogP contribution >= 0.6 is 0 Å². The van der Waals surface area contributed by atoms with Gasteiger partial charge in [-0.05, 0) is 57.5 Å². The van der Waals surface area contributed by atoms with E-state index in [-0.39, 0.29) is 6.03 Å². The van der Waals surface area contributed by atoms with Crippen molar-refractivity contribution in [2.45, 2.75) is 40.8 Å². The summed E-state index contributed by atoms with van der Waals surface area (Å²) in [4.78, 5) is 12.6. The van der Waals surface area contributed by atoms with E-state index in [4.69, 9.17) is 0 Å². The molecule has 0 aliphatic rings. The van der Waals surface area contributed by atoms with Crippen molar-refractivity contribution in [2.75, 3.05) is 5.32 Å². The van der Waals surface area contributed by atoms with Crippen molar-refractivity contribution in [1.29, 1.82) is 0 Å². The topological polar surface area (TPSA) is 76.8 Å². The van der Waals surface area contributed by atoms with Crippen LogP contribution in [0, 0.1) is 27.7 Å². The molecule has 2 N–H and O–H groups in total. The van der Waals surface area contributed by atoms with Gasteiger partial charge in [0.2, 0.25) is 0 Å². The van der Waals surface area contributed by atoms with E-state index in [1.165, 1.54) is 5.56 Å². The second-order valence-corrected chi connectivity index (χ2v) is 7.99. The summed E-state index contributed by atoms with van der Waals surface area (Å²) >= 11 is 0. The molecule has 0 spiro atoms. The van der Waals surface area contributed by atoms with Gasteiger partial charge in [-0.3, -0.25) is 4.68 Å². The van der Waals surface area contributed by atoms with E-state index >= 15 is 0 Å². The number of carbonyl (C=O) groups is 1. The summed E-state index contributed by atoms with van der Waals surface area (Å²) < 4.78 is 3.85. The maximum atomic E-state index is 12.6. The highest BCUT2D eigenvalue weighted by Crippen LogP contribution is 2.18. The first-order valence-corrected chi connectivity index (χ1v) is 10.7. The minimum absolute atomic E-state index is 0.259. The fourth-order valence-electron chi connectivity index (χ4n) is 3.85. The second kappa shape index (κ2) is 9.09. The number of aryl methyl sites for hydroxylation is 3. The van der Waals surface area contributed by atoms with E-state index in [2.05, 4.69) is 33.0 Å². The fourth-order valence-corrected chi connectivity index (χ4v) is 3.85. The van der Waals surface area contributed by atoms with Crippen molar-refractivity contribution in [3.63, 3.8) is 0 Å². The van der Waals surface area contributed by atoms with Gasteiger partial charge in [-0.25, -0.2) is 9.48 Å². The Bertz CT molecular complexity index is 1240. The van der Waals surface area contributed by atoms with Crippen LogP contribution in [0.25, 0.3) is 5.69 Å². The van der Waals surface area contributed by atoms with Crippen LogP contribution in [-0.2, 0) is 13.1 Å². The third-order valence-corrected chi connectivity index (χ3v) is 5.49. The molecule has 2 heterocycles. The standard InChI is InChI=1S/C25H28N6O/c1-17-13-18(2)31(28-17)23-12-8-11-22(14-23)27-25(32)26-15-24-19(3)29-30(20(24)4)16-21-9-6-5-7-10-21/h5-14H,15-16H2,1-4H3,(H2,26,27,32). The summed E-state index contributed by atoms with van der Waals surface area (Å²) in [6.45, 7) is 9.10. The van der Waals surface area contributed by atoms with Gasteiger partial charge in [0.1, 0.15) is 0 Å². The number of anilines is 1.